The number of anilines is 1. The van der Waals surface area contributed by atoms with Gasteiger partial charge in [-0.1, -0.05) is 59.7 Å². The zero-order valence-corrected chi connectivity index (χ0v) is 20.2. The number of hydrogen-bond acceptors (Lipinski definition) is 5. The average molecular weight is 504 g/mol. The van der Waals surface area contributed by atoms with Gasteiger partial charge in [0.05, 0.1) is 11.9 Å². The lowest BCUT2D eigenvalue weighted by Crippen LogP contribution is -2.32. The van der Waals surface area contributed by atoms with E-state index >= 15 is 0 Å². The minimum atomic E-state index is -1.89. The highest BCUT2D eigenvalue weighted by Gasteiger charge is 2.37. The monoisotopic (exact) mass is 503 g/mol. The van der Waals surface area contributed by atoms with Gasteiger partial charge < -0.3 is 5.11 Å². The number of H-pyrrole nitrogens is 1. The van der Waals surface area contributed by atoms with Gasteiger partial charge in [-0.05, 0) is 47.2 Å². The highest BCUT2D eigenvalue weighted by atomic mass is 32.2. The summed E-state index contributed by atoms with van der Waals surface area (Å²) >= 11 is 0. The lowest BCUT2D eigenvalue weighted by Gasteiger charge is -2.31. The van der Waals surface area contributed by atoms with Crippen LogP contribution in [0.5, 0.6) is 0 Å². The second-order valence-electron chi connectivity index (χ2n) is 8.34. The summed E-state index contributed by atoms with van der Waals surface area (Å²) in [5, 5.41) is 22.8. The van der Waals surface area contributed by atoms with Gasteiger partial charge >= 0.3 is 0 Å². The predicted octanol–water partition coefficient (Wildman–Crippen LogP) is 5.07. The first-order valence-electron chi connectivity index (χ1n) is 11.1. The average Bonchev–Trinajstić information content (AvgIpc) is 3.53. The SMILES string of the molecule is C=C(c1ccc(C2=S(C)N(c3ccccc3)N=C2)cc1)C(O)(Cc1ncn[nH]1)c1ccc(F)cc1F. The van der Waals surface area contributed by atoms with Gasteiger partial charge in [-0.2, -0.15) is 10.2 Å². The molecule has 1 aliphatic heterocycles. The van der Waals surface area contributed by atoms with Crippen LogP contribution in [0.1, 0.15) is 22.5 Å². The van der Waals surface area contributed by atoms with E-state index in [2.05, 4.69) is 33.1 Å². The molecule has 182 valence electrons. The molecule has 0 bridgehead atoms. The Balaban J connectivity index is 1.48. The molecule has 4 aromatic rings. The van der Waals surface area contributed by atoms with Crippen LogP contribution in [0.15, 0.2) is 90.8 Å². The number of hydrogen-bond donors (Lipinski definition) is 2. The van der Waals surface area contributed by atoms with Gasteiger partial charge in [0.15, 0.2) is 0 Å². The zero-order chi connectivity index (χ0) is 25.3. The Kier molecular flexibility index (Phi) is 6.34. The van der Waals surface area contributed by atoms with Crippen molar-refractivity contribution < 1.29 is 13.9 Å². The summed E-state index contributed by atoms with van der Waals surface area (Å²) in [6.45, 7) is 4.10. The maximum atomic E-state index is 14.8. The van der Waals surface area contributed by atoms with E-state index in [4.69, 9.17) is 0 Å². The molecule has 1 aromatic heterocycles. The summed E-state index contributed by atoms with van der Waals surface area (Å²) in [6, 6.07) is 20.5. The standard InChI is InChI=1S/C27H23F2N5OS/c1-18(27(35,15-26-30-17-31-33-26)23-13-12-21(28)14-24(23)29)19-8-10-20(11-9-19)25-16-32-34(36(25)2)22-6-4-3-5-7-22/h3-14,16-17,35H,1,15H2,2H3,(H,30,31,33). The van der Waals surface area contributed by atoms with Crippen molar-refractivity contribution in [3.63, 3.8) is 0 Å². The number of benzene rings is 3. The molecule has 0 spiro atoms. The van der Waals surface area contributed by atoms with Crippen LogP contribution in [-0.2, 0) is 12.0 Å². The molecule has 9 heteroatoms. The van der Waals surface area contributed by atoms with Gasteiger partial charge in [0.2, 0.25) is 0 Å². The summed E-state index contributed by atoms with van der Waals surface area (Å²) in [4.78, 5) is 5.14. The molecule has 5 rings (SSSR count). The fraction of sp³-hybridized carbons (Fsp3) is 0.111. The number of para-hydroxylation sites is 1. The van der Waals surface area contributed by atoms with Gasteiger partial charge in [-0.15, -0.1) is 0 Å². The van der Waals surface area contributed by atoms with Crippen molar-refractivity contribution in [1.82, 2.24) is 15.2 Å². The second kappa shape index (κ2) is 9.60. The number of aromatic nitrogens is 3. The van der Waals surface area contributed by atoms with Crippen LogP contribution in [0.2, 0.25) is 0 Å². The quantitative estimate of drug-likeness (QED) is 0.346. The normalized spacial score (nSPS) is 16.8. The lowest BCUT2D eigenvalue weighted by atomic mass is 9.80. The number of nitrogens with one attached hydrogen (secondary N) is 1. The molecule has 1 aliphatic rings. The number of rotatable bonds is 7. The molecule has 3 aromatic carbocycles. The third kappa shape index (κ3) is 4.38. The van der Waals surface area contributed by atoms with Gasteiger partial charge in [0.25, 0.3) is 0 Å². The Bertz CT molecular complexity index is 1470. The molecular formula is C27H23F2N5OS. The minimum Gasteiger partial charge on any atom is -0.380 e. The predicted molar refractivity (Wildman–Crippen MR) is 141 cm³/mol. The topological polar surface area (TPSA) is 77.4 Å². The summed E-state index contributed by atoms with van der Waals surface area (Å²) in [6.07, 6.45) is 5.14. The van der Waals surface area contributed by atoms with Crippen LogP contribution < -0.4 is 4.41 Å². The highest BCUT2D eigenvalue weighted by molar-refractivity contribution is 8.18. The fourth-order valence-corrected chi connectivity index (χ4v) is 5.68. The molecule has 6 nitrogen and oxygen atoms in total. The Morgan fingerprint density at radius 1 is 1.08 bits per heavy atom. The molecular weight excluding hydrogens is 480 g/mol. The van der Waals surface area contributed by atoms with Crippen molar-refractivity contribution in [2.75, 3.05) is 10.7 Å². The molecule has 2 atom stereocenters. The van der Waals surface area contributed by atoms with E-state index in [1.54, 1.807) is 0 Å². The third-order valence-corrected chi connectivity index (χ3v) is 7.92. The van der Waals surface area contributed by atoms with Crippen LogP contribution in [0.4, 0.5) is 14.5 Å². The second-order valence-corrected chi connectivity index (χ2v) is 10.1. The molecule has 0 fully saturated rings. The van der Waals surface area contributed by atoms with Gasteiger partial charge in [-0.25, -0.2) is 18.2 Å². The first-order valence-corrected chi connectivity index (χ1v) is 12.7. The molecule has 0 saturated carbocycles. The molecule has 0 radical (unpaired) electrons. The van der Waals surface area contributed by atoms with Gasteiger partial charge in [-0.3, -0.25) is 5.10 Å². The van der Waals surface area contributed by atoms with Gasteiger partial charge in [0.1, 0.15) is 29.4 Å². The van der Waals surface area contributed by atoms with Crippen LogP contribution in [0.25, 0.3) is 5.57 Å². The van der Waals surface area contributed by atoms with Crippen molar-refractivity contribution in [2.45, 2.75) is 12.0 Å². The van der Waals surface area contributed by atoms with Gasteiger partial charge in [0, 0.05) is 22.9 Å². The largest absolute Gasteiger partial charge is 0.380 e. The maximum absolute atomic E-state index is 14.8. The lowest BCUT2D eigenvalue weighted by molar-refractivity contribution is 0.0947. The molecule has 2 unspecified atom stereocenters. The van der Waals surface area contributed by atoms with Crippen molar-refractivity contribution in [2.24, 2.45) is 5.10 Å². The minimum absolute atomic E-state index is 0.0970. The van der Waals surface area contributed by atoms with Crippen molar-refractivity contribution in [1.29, 1.82) is 0 Å². The Labute approximate surface area is 209 Å². The van der Waals surface area contributed by atoms with E-state index < -0.39 is 17.2 Å². The van der Waals surface area contributed by atoms with E-state index in [0.29, 0.717) is 11.4 Å². The van der Waals surface area contributed by atoms with Crippen LogP contribution in [0.3, 0.4) is 0 Å². The smallest absolute Gasteiger partial charge is 0.137 e. The van der Waals surface area contributed by atoms with Crippen molar-refractivity contribution >= 4 is 33.0 Å². The molecule has 2 heterocycles. The Hall–Kier alpha value is -3.95. The van der Waals surface area contributed by atoms with Crippen LogP contribution >= 0.6 is 10.7 Å². The van der Waals surface area contributed by atoms with Crippen LogP contribution in [-0.4, -0.2) is 37.6 Å². The summed E-state index contributed by atoms with van der Waals surface area (Å²) in [7, 11) is -0.290. The van der Waals surface area contributed by atoms with E-state index in [1.165, 1.54) is 12.4 Å². The van der Waals surface area contributed by atoms with E-state index in [9.17, 15) is 13.9 Å². The fourth-order valence-electron chi connectivity index (χ4n) is 4.19. The number of aliphatic hydroxyl groups is 1. The summed E-state index contributed by atoms with van der Waals surface area (Å²) in [5.41, 5.74) is 0.864. The zero-order valence-electron chi connectivity index (χ0n) is 19.4. The molecule has 0 aliphatic carbocycles. The number of nitrogens with zero attached hydrogens (tertiary/aromatic N) is 4. The van der Waals surface area contributed by atoms with E-state index in [1.807, 2.05) is 65.2 Å². The first-order chi connectivity index (χ1) is 17.4. The third-order valence-electron chi connectivity index (χ3n) is 6.12. The number of aromatic amines is 1. The van der Waals surface area contributed by atoms with Crippen LogP contribution in [0, 0.1) is 11.6 Å². The van der Waals surface area contributed by atoms with Crippen molar-refractivity contribution in [3.05, 3.63) is 120 Å². The molecule has 0 saturated heterocycles. The van der Waals surface area contributed by atoms with Crippen molar-refractivity contribution in [3.8, 4) is 0 Å². The Morgan fingerprint density at radius 2 is 1.83 bits per heavy atom. The maximum Gasteiger partial charge on any atom is 0.137 e. The van der Waals surface area contributed by atoms with E-state index in [-0.39, 0.29) is 28.2 Å². The van der Waals surface area contributed by atoms with E-state index in [0.717, 1.165) is 28.2 Å². The molecule has 2 N–H and O–H groups in total. The Morgan fingerprint density at radius 3 is 2.50 bits per heavy atom. The highest BCUT2D eigenvalue weighted by Crippen LogP contribution is 2.39. The molecule has 36 heavy (non-hydrogen) atoms. The number of halogens is 2. The first kappa shape index (κ1) is 23.8. The summed E-state index contributed by atoms with van der Waals surface area (Å²) < 4.78 is 30.4. The number of hydrazone groups is 1. The molecule has 0 amide bonds. The summed E-state index contributed by atoms with van der Waals surface area (Å²) in [5.74, 6) is -1.26.